The SMILES string of the molecule is CCN(CC)CCn1c(N)c(-c2nc3ccc(Cl)cc3[nH]2)c2nc(C#N)c(C#N)nc21. The molecule has 0 aliphatic carbocycles. The first-order chi connectivity index (χ1) is 15.0. The molecule has 0 fully saturated rings. The zero-order valence-corrected chi connectivity index (χ0v) is 17.9. The van der Waals surface area contributed by atoms with Crippen LogP contribution in [0.5, 0.6) is 0 Å². The second kappa shape index (κ2) is 8.23. The van der Waals surface area contributed by atoms with Crippen molar-refractivity contribution in [3.8, 4) is 23.5 Å². The van der Waals surface area contributed by atoms with E-state index in [2.05, 4.69) is 38.7 Å². The molecule has 0 saturated heterocycles. The predicted octanol–water partition coefficient (Wildman–Crippen LogP) is 3.30. The molecule has 3 N–H and O–H groups in total. The Kier molecular flexibility index (Phi) is 5.47. The average Bonchev–Trinajstić information content (AvgIpc) is 3.30. The van der Waals surface area contributed by atoms with Crippen LogP contribution in [0.25, 0.3) is 33.6 Å². The van der Waals surface area contributed by atoms with Gasteiger partial charge >= 0.3 is 0 Å². The van der Waals surface area contributed by atoms with Gasteiger partial charge in [0.2, 0.25) is 0 Å². The summed E-state index contributed by atoms with van der Waals surface area (Å²) in [5.41, 5.74) is 9.41. The average molecular weight is 434 g/mol. The smallest absolute Gasteiger partial charge is 0.179 e. The highest BCUT2D eigenvalue weighted by molar-refractivity contribution is 6.31. The molecular weight excluding hydrogens is 414 g/mol. The van der Waals surface area contributed by atoms with E-state index in [1.54, 1.807) is 12.1 Å². The van der Waals surface area contributed by atoms with Gasteiger partial charge in [0.1, 0.15) is 29.3 Å². The van der Waals surface area contributed by atoms with Crippen molar-refractivity contribution in [2.75, 3.05) is 25.4 Å². The second-order valence-corrected chi connectivity index (χ2v) is 7.44. The first-order valence-electron chi connectivity index (χ1n) is 9.88. The van der Waals surface area contributed by atoms with E-state index in [0.29, 0.717) is 39.9 Å². The highest BCUT2D eigenvalue weighted by Gasteiger charge is 2.24. The quantitative estimate of drug-likeness (QED) is 0.476. The second-order valence-electron chi connectivity index (χ2n) is 7.00. The third-order valence-corrected chi connectivity index (χ3v) is 5.58. The largest absolute Gasteiger partial charge is 0.384 e. The summed E-state index contributed by atoms with van der Waals surface area (Å²) in [6.45, 7) is 7.30. The first kappa shape index (κ1) is 20.6. The number of H-pyrrole nitrogens is 1. The van der Waals surface area contributed by atoms with Gasteiger partial charge in [0, 0.05) is 18.1 Å². The normalized spacial score (nSPS) is 11.3. The number of rotatable bonds is 6. The summed E-state index contributed by atoms with van der Waals surface area (Å²) in [4.78, 5) is 19.0. The number of nitrogens with zero attached hydrogens (tertiary/aromatic N) is 7. The highest BCUT2D eigenvalue weighted by atomic mass is 35.5. The Hall–Kier alpha value is -3.66. The van der Waals surface area contributed by atoms with Crippen LogP contribution in [0, 0.1) is 22.7 Å². The molecule has 0 spiro atoms. The van der Waals surface area contributed by atoms with E-state index in [1.807, 2.05) is 22.8 Å². The van der Waals surface area contributed by atoms with E-state index < -0.39 is 0 Å². The molecule has 0 aliphatic rings. The minimum Gasteiger partial charge on any atom is -0.384 e. The Morgan fingerprint density at radius 1 is 1.13 bits per heavy atom. The molecule has 0 atom stereocenters. The fourth-order valence-corrected chi connectivity index (χ4v) is 3.82. The topological polar surface area (TPSA) is 136 Å². The maximum absolute atomic E-state index is 9.44. The molecule has 0 unspecified atom stereocenters. The number of nitrogen functional groups attached to an aromatic ring is 1. The van der Waals surface area contributed by atoms with Crippen LogP contribution in [0.4, 0.5) is 5.82 Å². The van der Waals surface area contributed by atoms with E-state index in [4.69, 9.17) is 17.3 Å². The number of benzene rings is 1. The summed E-state index contributed by atoms with van der Waals surface area (Å²) in [7, 11) is 0. The van der Waals surface area contributed by atoms with Gasteiger partial charge in [0.05, 0.1) is 16.6 Å². The van der Waals surface area contributed by atoms with Crippen molar-refractivity contribution in [1.82, 2.24) is 29.4 Å². The summed E-state index contributed by atoms with van der Waals surface area (Å²) < 4.78 is 1.83. The van der Waals surface area contributed by atoms with Crippen LogP contribution < -0.4 is 5.73 Å². The van der Waals surface area contributed by atoms with Gasteiger partial charge in [0.25, 0.3) is 0 Å². The van der Waals surface area contributed by atoms with Crippen molar-refractivity contribution in [2.24, 2.45) is 0 Å². The van der Waals surface area contributed by atoms with Crippen molar-refractivity contribution in [1.29, 1.82) is 10.5 Å². The van der Waals surface area contributed by atoms with E-state index in [9.17, 15) is 10.5 Å². The lowest BCUT2D eigenvalue weighted by molar-refractivity contribution is 0.292. The van der Waals surface area contributed by atoms with Crippen LogP contribution in [0.3, 0.4) is 0 Å². The minimum atomic E-state index is -0.0451. The van der Waals surface area contributed by atoms with Crippen LogP contribution in [0.2, 0.25) is 5.02 Å². The molecule has 4 aromatic rings. The lowest BCUT2D eigenvalue weighted by Crippen LogP contribution is -2.27. The van der Waals surface area contributed by atoms with Crippen molar-refractivity contribution in [3.05, 3.63) is 34.6 Å². The number of hydrogen-bond donors (Lipinski definition) is 2. The van der Waals surface area contributed by atoms with E-state index in [1.165, 1.54) is 0 Å². The summed E-state index contributed by atoms with van der Waals surface area (Å²) in [6, 6.07) is 9.25. The zero-order valence-electron chi connectivity index (χ0n) is 17.1. The maximum atomic E-state index is 9.44. The molecule has 1 aromatic carbocycles. The van der Waals surface area contributed by atoms with Crippen LogP contribution >= 0.6 is 11.6 Å². The number of anilines is 1. The Bertz CT molecular complexity index is 1370. The van der Waals surface area contributed by atoms with Gasteiger partial charge < -0.3 is 20.2 Å². The Morgan fingerprint density at radius 3 is 2.52 bits per heavy atom. The molecule has 31 heavy (non-hydrogen) atoms. The molecule has 0 bridgehead atoms. The lowest BCUT2D eigenvalue weighted by Gasteiger charge is -2.19. The third kappa shape index (κ3) is 3.55. The summed E-state index contributed by atoms with van der Waals surface area (Å²) in [5.74, 6) is 0.926. The molecule has 9 nitrogen and oxygen atoms in total. The van der Waals surface area contributed by atoms with Gasteiger partial charge in [-0.25, -0.2) is 15.0 Å². The highest BCUT2D eigenvalue weighted by Crippen LogP contribution is 2.35. The molecule has 156 valence electrons. The summed E-state index contributed by atoms with van der Waals surface area (Å²) in [5, 5.41) is 19.5. The molecule has 0 saturated carbocycles. The lowest BCUT2D eigenvalue weighted by atomic mass is 10.2. The zero-order chi connectivity index (χ0) is 22.1. The Morgan fingerprint density at radius 2 is 1.84 bits per heavy atom. The molecule has 0 radical (unpaired) electrons. The van der Waals surface area contributed by atoms with Crippen molar-refractivity contribution < 1.29 is 0 Å². The number of likely N-dealkylation sites (N-methyl/N-ethyl adjacent to an activating group) is 1. The van der Waals surface area contributed by atoms with Gasteiger partial charge in [0.15, 0.2) is 17.0 Å². The van der Waals surface area contributed by atoms with Gasteiger partial charge in [-0.15, -0.1) is 0 Å². The number of nitrogens with one attached hydrogen (secondary N) is 1. The molecule has 10 heteroatoms. The number of fused-ring (bicyclic) bond motifs is 2. The van der Waals surface area contributed by atoms with Crippen molar-refractivity contribution in [3.63, 3.8) is 0 Å². The molecule has 3 aromatic heterocycles. The van der Waals surface area contributed by atoms with Gasteiger partial charge in [-0.3, -0.25) is 0 Å². The van der Waals surface area contributed by atoms with Crippen LogP contribution in [0.15, 0.2) is 18.2 Å². The first-order valence-corrected chi connectivity index (χ1v) is 10.3. The number of aromatic amines is 1. The molecular formula is C21H20ClN9. The van der Waals surface area contributed by atoms with E-state index in [-0.39, 0.29) is 11.4 Å². The van der Waals surface area contributed by atoms with Crippen molar-refractivity contribution >= 4 is 39.6 Å². The number of hydrogen-bond acceptors (Lipinski definition) is 7. The van der Waals surface area contributed by atoms with Crippen molar-refractivity contribution in [2.45, 2.75) is 20.4 Å². The minimum absolute atomic E-state index is 0.0282. The maximum Gasteiger partial charge on any atom is 0.179 e. The fourth-order valence-electron chi connectivity index (χ4n) is 3.65. The Balaban J connectivity index is 1.96. The molecule has 0 amide bonds. The van der Waals surface area contributed by atoms with Gasteiger partial charge in [-0.1, -0.05) is 25.4 Å². The van der Waals surface area contributed by atoms with Crippen LogP contribution in [-0.2, 0) is 6.54 Å². The number of nitrogens with two attached hydrogens (primary N) is 1. The monoisotopic (exact) mass is 433 g/mol. The molecule has 4 rings (SSSR count). The fraction of sp³-hybridized carbons (Fsp3) is 0.286. The van der Waals surface area contributed by atoms with Crippen LogP contribution in [-0.4, -0.2) is 49.0 Å². The number of imidazole rings is 1. The van der Waals surface area contributed by atoms with E-state index >= 15 is 0 Å². The van der Waals surface area contributed by atoms with Gasteiger partial charge in [-0.2, -0.15) is 10.5 Å². The number of nitriles is 2. The number of aromatic nitrogens is 5. The standard InChI is InChI=1S/C21H20ClN9/c1-3-30(4-2)7-8-31-19(25)17(18-21(31)29-16(11-24)15(10-23)26-18)20-27-13-6-5-12(22)9-14(13)28-20/h5-6,9H,3-4,7-8,25H2,1-2H3,(H,27,28). The Labute approximate surface area is 183 Å². The third-order valence-electron chi connectivity index (χ3n) is 5.34. The molecule has 3 heterocycles. The van der Waals surface area contributed by atoms with E-state index in [0.717, 1.165) is 30.7 Å². The van der Waals surface area contributed by atoms with Gasteiger partial charge in [-0.05, 0) is 31.3 Å². The predicted molar refractivity (Wildman–Crippen MR) is 119 cm³/mol. The summed E-state index contributed by atoms with van der Waals surface area (Å²) in [6.07, 6.45) is 0. The van der Waals surface area contributed by atoms with Crippen LogP contribution in [0.1, 0.15) is 25.2 Å². The summed E-state index contributed by atoms with van der Waals surface area (Å²) >= 11 is 6.11. The molecule has 0 aliphatic heterocycles. The number of halogens is 1.